The molecule has 2 heterocycles. The standard InChI is InChI=1S/C20H16F2N2O2/c1-24-12-15(6-8-19(24)26)18(25)10-16-7-5-13(11-23-16)9-14-3-2-4-17(21)20(14)22/h2-8,11-12H,9-10H2,1H3. The van der Waals surface area contributed by atoms with Crippen LogP contribution in [-0.2, 0) is 19.9 Å². The molecule has 0 saturated carbocycles. The van der Waals surface area contributed by atoms with Crippen molar-refractivity contribution in [2.75, 3.05) is 0 Å². The molecule has 0 amide bonds. The number of ketones is 1. The molecule has 3 rings (SSSR count). The Hall–Kier alpha value is -3.15. The zero-order chi connectivity index (χ0) is 18.7. The predicted molar refractivity (Wildman–Crippen MR) is 93.1 cm³/mol. The first kappa shape index (κ1) is 17.7. The van der Waals surface area contributed by atoms with E-state index in [2.05, 4.69) is 4.98 Å². The normalized spacial score (nSPS) is 10.7. The van der Waals surface area contributed by atoms with Gasteiger partial charge in [-0.3, -0.25) is 14.6 Å². The summed E-state index contributed by atoms with van der Waals surface area (Å²) in [6, 6.07) is 10.3. The SMILES string of the molecule is Cn1cc(C(=O)Cc2ccc(Cc3cccc(F)c3F)cn2)ccc1=O. The van der Waals surface area contributed by atoms with Gasteiger partial charge >= 0.3 is 0 Å². The molecule has 3 aromatic rings. The second kappa shape index (κ2) is 7.39. The van der Waals surface area contributed by atoms with E-state index in [1.165, 1.54) is 35.0 Å². The van der Waals surface area contributed by atoms with Crippen LogP contribution in [0.1, 0.15) is 27.2 Å². The second-order valence-electron chi connectivity index (χ2n) is 6.01. The molecule has 0 N–H and O–H groups in total. The van der Waals surface area contributed by atoms with Crippen LogP contribution in [0.2, 0.25) is 0 Å². The Balaban J connectivity index is 1.71. The maximum absolute atomic E-state index is 13.7. The lowest BCUT2D eigenvalue weighted by atomic mass is 10.0. The summed E-state index contributed by atoms with van der Waals surface area (Å²) in [6.07, 6.45) is 3.35. The summed E-state index contributed by atoms with van der Waals surface area (Å²) in [5, 5.41) is 0. The molecule has 0 fully saturated rings. The topological polar surface area (TPSA) is 52.0 Å². The Morgan fingerprint density at radius 2 is 1.92 bits per heavy atom. The summed E-state index contributed by atoms with van der Waals surface area (Å²) in [5.41, 5.74) is 1.77. The van der Waals surface area contributed by atoms with Crippen LogP contribution < -0.4 is 5.56 Å². The third kappa shape index (κ3) is 3.91. The molecule has 6 heteroatoms. The summed E-state index contributed by atoms with van der Waals surface area (Å²) in [5.74, 6) is -1.89. The van der Waals surface area contributed by atoms with Crippen LogP contribution >= 0.6 is 0 Å². The molecule has 0 aliphatic heterocycles. The van der Waals surface area contributed by atoms with Crippen LogP contribution in [0, 0.1) is 11.6 Å². The fourth-order valence-electron chi connectivity index (χ4n) is 2.59. The molecule has 0 unspecified atom stereocenters. The number of pyridine rings is 2. The monoisotopic (exact) mass is 354 g/mol. The number of rotatable bonds is 5. The minimum absolute atomic E-state index is 0.0901. The van der Waals surface area contributed by atoms with Crippen molar-refractivity contribution in [2.45, 2.75) is 12.8 Å². The van der Waals surface area contributed by atoms with Crippen molar-refractivity contribution in [2.24, 2.45) is 7.05 Å². The van der Waals surface area contributed by atoms with Gasteiger partial charge in [-0.1, -0.05) is 18.2 Å². The van der Waals surface area contributed by atoms with E-state index >= 15 is 0 Å². The largest absolute Gasteiger partial charge is 0.318 e. The van der Waals surface area contributed by atoms with Crippen LogP contribution in [0.3, 0.4) is 0 Å². The first-order valence-electron chi connectivity index (χ1n) is 8.00. The molecule has 132 valence electrons. The van der Waals surface area contributed by atoms with E-state index in [1.807, 2.05) is 0 Å². The summed E-state index contributed by atoms with van der Waals surface area (Å²) in [4.78, 5) is 27.9. The van der Waals surface area contributed by atoms with Crippen LogP contribution in [0.15, 0.2) is 59.7 Å². The molecular formula is C20H16F2N2O2. The first-order chi connectivity index (χ1) is 12.4. The van der Waals surface area contributed by atoms with Gasteiger partial charge < -0.3 is 4.57 Å². The number of carbonyl (C=O) groups is 1. The van der Waals surface area contributed by atoms with Gasteiger partial charge in [0.1, 0.15) is 0 Å². The van der Waals surface area contributed by atoms with Crippen LogP contribution in [0.5, 0.6) is 0 Å². The zero-order valence-electron chi connectivity index (χ0n) is 14.1. The summed E-state index contributed by atoms with van der Waals surface area (Å²) in [6.45, 7) is 0. The van der Waals surface area contributed by atoms with Crippen molar-refractivity contribution >= 4 is 5.78 Å². The van der Waals surface area contributed by atoms with E-state index in [0.717, 1.165) is 6.07 Å². The number of halogens is 2. The smallest absolute Gasteiger partial charge is 0.250 e. The molecule has 0 radical (unpaired) electrons. The fraction of sp³-hybridized carbons (Fsp3) is 0.150. The summed E-state index contributed by atoms with van der Waals surface area (Å²) in [7, 11) is 1.58. The van der Waals surface area contributed by atoms with Gasteiger partial charge in [0.2, 0.25) is 5.56 Å². The maximum Gasteiger partial charge on any atom is 0.250 e. The molecule has 0 aliphatic carbocycles. The fourth-order valence-corrected chi connectivity index (χ4v) is 2.59. The molecule has 1 aromatic carbocycles. The molecule has 0 spiro atoms. The average molecular weight is 354 g/mol. The Morgan fingerprint density at radius 1 is 1.12 bits per heavy atom. The lowest BCUT2D eigenvalue weighted by molar-refractivity contribution is 0.0991. The lowest BCUT2D eigenvalue weighted by Crippen LogP contribution is -2.17. The number of hydrogen-bond acceptors (Lipinski definition) is 3. The van der Waals surface area contributed by atoms with Gasteiger partial charge in [0, 0.05) is 43.2 Å². The van der Waals surface area contributed by atoms with Crippen molar-refractivity contribution in [1.29, 1.82) is 0 Å². The van der Waals surface area contributed by atoms with E-state index in [9.17, 15) is 18.4 Å². The quantitative estimate of drug-likeness (QED) is 0.662. The van der Waals surface area contributed by atoms with Crippen molar-refractivity contribution < 1.29 is 13.6 Å². The maximum atomic E-state index is 13.7. The predicted octanol–water partition coefficient (Wildman–Crippen LogP) is 3.07. The number of carbonyl (C=O) groups excluding carboxylic acids is 1. The van der Waals surface area contributed by atoms with E-state index in [0.29, 0.717) is 16.8 Å². The van der Waals surface area contributed by atoms with Crippen molar-refractivity contribution in [1.82, 2.24) is 9.55 Å². The Labute approximate surface area is 148 Å². The van der Waals surface area contributed by atoms with Gasteiger partial charge in [-0.05, 0) is 29.3 Å². The van der Waals surface area contributed by atoms with Crippen LogP contribution in [0.4, 0.5) is 8.78 Å². The van der Waals surface area contributed by atoms with Crippen molar-refractivity contribution in [3.63, 3.8) is 0 Å². The third-order valence-electron chi connectivity index (χ3n) is 4.06. The lowest BCUT2D eigenvalue weighted by Gasteiger charge is -2.06. The van der Waals surface area contributed by atoms with E-state index < -0.39 is 11.6 Å². The summed E-state index contributed by atoms with van der Waals surface area (Å²) < 4.78 is 28.3. The highest BCUT2D eigenvalue weighted by atomic mass is 19.2. The Morgan fingerprint density at radius 3 is 2.62 bits per heavy atom. The molecular weight excluding hydrogens is 338 g/mol. The van der Waals surface area contributed by atoms with Crippen LogP contribution in [-0.4, -0.2) is 15.3 Å². The second-order valence-corrected chi connectivity index (χ2v) is 6.01. The first-order valence-corrected chi connectivity index (χ1v) is 8.00. The Kier molecular flexibility index (Phi) is 5.02. The number of nitrogens with zero attached hydrogens (tertiary/aromatic N) is 2. The molecule has 0 aliphatic rings. The van der Waals surface area contributed by atoms with Gasteiger partial charge in [0.25, 0.3) is 0 Å². The molecule has 2 aromatic heterocycles. The minimum Gasteiger partial charge on any atom is -0.318 e. The molecule has 0 atom stereocenters. The molecule has 0 saturated heterocycles. The van der Waals surface area contributed by atoms with Gasteiger partial charge in [-0.2, -0.15) is 0 Å². The number of aromatic nitrogens is 2. The average Bonchev–Trinajstić information content (AvgIpc) is 2.63. The molecule has 0 bridgehead atoms. The zero-order valence-corrected chi connectivity index (χ0v) is 14.1. The van der Waals surface area contributed by atoms with E-state index in [4.69, 9.17) is 0 Å². The van der Waals surface area contributed by atoms with Gasteiger partial charge in [-0.15, -0.1) is 0 Å². The highest BCUT2D eigenvalue weighted by Gasteiger charge is 2.11. The minimum atomic E-state index is -0.880. The van der Waals surface area contributed by atoms with Crippen molar-refractivity contribution in [3.8, 4) is 0 Å². The summed E-state index contributed by atoms with van der Waals surface area (Å²) >= 11 is 0. The highest BCUT2D eigenvalue weighted by Crippen LogP contribution is 2.16. The van der Waals surface area contributed by atoms with Gasteiger partial charge in [-0.25, -0.2) is 8.78 Å². The Bertz CT molecular complexity index is 1010. The molecule has 4 nitrogen and oxygen atoms in total. The molecule has 26 heavy (non-hydrogen) atoms. The van der Waals surface area contributed by atoms with Crippen molar-refractivity contribution in [3.05, 3.63) is 99.2 Å². The number of aryl methyl sites for hydroxylation is 1. The highest BCUT2D eigenvalue weighted by molar-refractivity contribution is 5.96. The van der Waals surface area contributed by atoms with Crippen LogP contribution in [0.25, 0.3) is 0 Å². The van der Waals surface area contributed by atoms with Gasteiger partial charge in [0.05, 0.1) is 6.42 Å². The number of benzene rings is 1. The number of hydrogen-bond donors (Lipinski definition) is 0. The van der Waals surface area contributed by atoms with E-state index in [1.54, 1.807) is 25.4 Å². The van der Waals surface area contributed by atoms with E-state index in [-0.39, 0.29) is 29.7 Å². The number of Topliss-reactive ketones (excluding diaryl/α,β-unsaturated/α-hetero) is 1. The third-order valence-corrected chi connectivity index (χ3v) is 4.06. The van der Waals surface area contributed by atoms with Gasteiger partial charge in [0.15, 0.2) is 17.4 Å².